The number of hydrogen-bond donors (Lipinski definition) is 2. The Hall–Kier alpha value is -0.950. The van der Waals surface area contributed by atoms with Crippen molar-refractivity contribution in [2.75, 3.05) is 20.1 Å². The Labute approximate surface area is 127 Å². The van der Waals surface area contributed by atoms with Gasteiger partial charge in [-0.05, 0) is 63.0 Å². The predicted octanol–water partition coefficient (Wildman–Crippen LogP) is 1.17. The molecule has 1 unspecified atom stereocenters. The second-order valence-corrected chi connectivity index (χ2v) is 7.57. The lowest BCUT2D eigenvalue weighted by atomic mass is 10.1. The van der Waals surface area contributed by atoms with Crippen LogP contribution in [-0.4, -0.2) is 44.6 Å². The number of aryl methyl sites for hydroxylation is 2. The van der Waals surface area contributed by atoms with E-state index in [1.807, 2.05) is 20.0 Å². The zero-order chi connectivity index (χ0) is 15.6. The van der Waals surface area contributed by atoms with Crippen molar-refractivity contribution >= 4 is 10.0 Å². The smallest absolute Gasteiger partial charge is 0.240 e. The molecule has 118 valence electrons. The summed E-state index contributed by atoms with van der Waals surface area (Å²) in [5.74, 6) is 0. The maximum absolute atomic E-state index is 12.5. The number of likely N-dealkylation sites (tertiary alicyclic amines) is 1. The van der Waals surface area contributed by atoms with Gasteiger partial charge in [-0.3, -0.25) is 0 Å². The molecule has 21 heavy (non-hydrogen) atoms. The average Bonchev–Trinajstić information content (AvgIpc) is 2.82. The highest BCUT2D eigenvalue weighted by atomic mass is 32.2. The van der Waals surface area contributed by atoms with E-state index in [0.717, 1.165) is 24.9 Å². The van der Waals surface area contributed by atoms with Gasteiger partial charge in [-0.1, -0.05) is 6.07 Å². The molecule has 0 amide bonds. The molecule has 1 aliphatic rings. The molecule has 1 saturated heterocycles. The summed E-state index contributed by atoms with van der Waals surface area (Å²) in [6, 6.07) is 3.65. The summed E-state index contributed by atoms with van der Waals surface area (Å²) in [7, 11) is -1.52. The van der Waals surface area contributed by atoms with Gasteiger partial charge in [0.15, 0.2) is 0 Å². The molecule has 6 heteroatoms. The lowest BCUT2D eigenvalue weighted by Crippen LogP contribution is -2.38. The van der Waals surface area contributed by atoms with Gasteiger partial charge in [0.25, 0.3) is 0 Å². The molecule has 5 nitrogen and oxygen atoms in total. The minimum Gasteiger partial charge on any atom is -0.392 e. The number of likely N-dealkylation sites (N-methyl/N-ethyl adjacent to an activating group) is 1. The van der Waals surface area contributed by atoms with Crippen LogP contribution in [0.5, 0.6) is 0 Å². The van der Waals surface area contributed by atoms with Crippen LogP contribution < -0.4 is 4.72 Å². The van der Waals surface area contributed by atoms with Crippen LogP contribution in [0.4, 0.5) is 0 Å². The highest BCUT2D eigenvalue weighted by molar-refractivity contribution is 7.89. The van der Waals surface area contributed by atoms with Crippen LogP contribution in [0.1, 0.15) is 29.5 Å². The van der Waals surface area contributed by atoms with Crippen molar-refractivity contribution in [2.45, 2.75) is 44.2 Å². The molecule has 1 atom stereocenters. The van der Waals surface area contributed by atoms with Crippen molar-refractivity contribution in [3.63, 3.8) is 0 Å². The summed E-state index contributed by atoms with van der Waals surface area (Å²) >= 11 is 0. The predicted molar refractivity (Wildman–Crippen MR) is 82.7 cm³/mol. The van der Waals surface area contributed by atoms with Crippen molar-refractivity contribution in [1.82, 2.24) is 9.62 Å². The average molecular weight is 312 g/mol. The van der Waals surface area contributed by atoms with Crippen molar-refractivity contribution in [2.24, 2.45) is 0 Å². The lowest BCUT2D eigenvalue weighted by molar-refractivity contribution is 0.280. The Morgan fingerprint density at radius 2 is 2.05 bits per heavy atom. The van der Waals surface area contributed by atoms with E-state index in [1.54, 1.807) is 13.0 Å². The highest BCUT2D eigenvalue weighted by Gasteiger charge is 2.24. The largest absolute Gasteiger partial charge is 0.392 e. The number of nitrogens with one attached hydrogen (secondary N) is 1. The second kappa shape index (κ2) is 6.44. The molecule has 0 spiro atoms. The van der Waals surface area contributed by atoms with E-state index >= 15 is 0 Å². The molecule has 0 saturated carbocycles. The van der Waals surface area contributed by atoms with Crippen LogP contribution in [0.2, 0.25) is 0 Å². The van der Waals surface area contributed by atoms with E-state index in [9.17, 15) is 13.5 Å². The molecule has 2 rings (SSSR count). The van der Waals surface area contributed by atoms with Gasteiger partial charge in [0.2, 0.25) is 10.0 Å². The Kier molecular flexibility index (Phi) is 5.03. The van der Waals surface area contributed by atoms with E-state index in [-0.39, 0.29) is 17.5 Å². The van der Waals surface area contributed by atoms with Crippen molar-refractivity contribution in [3.05, 3.63) is 28.8 Å². The number of aliphatic hydroxyl groups excluding tert-OH is 1. The van der Waals surface area contributed by atoms with Gasteiger partial charge in [0.1, 0.15) is 0 Å². The molecule has 1 fully saturated rings. The first kappa shape index (κ1) is 16.4. The molecule has 1 aliphatic heterocycles. The normalized spacial score (nSPS) is 20.1. The van der Waals surface area contributed by atoms with Crippen LogP contribution in [0.15, 0.2) is 17.0 Å². The third kappa shape index (κ3) is 3.63. The second-order valence-electron chi connectivity index (χ2n) is 5.83. The Morgan fingerprint density at radius 3 is 2.62 bits per heavy atom. The maximum atomic E-state index is 12.5. The summed E-state index contributed by atoms with van der Waals surface area (Å²) in [6.45, 7) is 4.95. The molecule has 1 aromatic rings. The summed E-state index contributed by atoms with van der Waals surface area (Å²) in [6.07, 6.45) is 2.13. The number of hydrogen-bond acceptors (Lipinski definition) is 4. The van der Waals surface area contributed by atoms with E-state index < -0.39 is 10.0 Å². The molecule has 0 aliphatic carbocycles. The Bertz CT molecular complexity index is 614. The van der Waals surface area contributed by atoms with Gasteiger partial charge < -0.3 is 10.0 Å². The van der Waals surface area contributed by atoms with Crippen molar-refractivity contribution in [3.8, 4) is 0 Å². The van der Waals surface area contributed by atoms with Gasteiger partial charge in [0, 0.05) is 12.6 Å². The molecular weight excluding hydrogens is 288 g/mol. The third-order valence-electron chi connectivity index (χ3n) is 4.27. The maximum Gasteiger partial charge on any atom is 0.240 e. The first-order valence-corrected chi connectivity index (χ1v) is 8.74. The van der Waals surface area contributed by atoms with Gasteiger partial charge in [-0.15, -0.1) is 0 Å². The molecule has 0 bridgehead atoms. The van der Waals surface area contributed by atoms with Crippen molar-refractivity contribution < 1.29 is 13.5 Å². The molecule has 2 N–H and O–H groups in total. The summed E-state index contributed by atoms with van der Waals surface area (Å²) < 4.78 is 27.7. The minimum absolute atomic E-state index is 0.153. The number of nitrogens with zero attached hydrogens (tertiary/aromatic N) is 1. The Morgan fingerprint density at radius 1 is 1.33 bits per heavy atom. The fourth-order valence-electron chi connectivity index (χ4n) is 2.86. The summed E-state index contributed by atoms with van der Waals surface area (Å²) in [5, 5.41) is 9.31. The van der Waals surface area contributed by atoms with E-state index in [2.05, 4.69) is 9.62 Å². The third-order valence-corrected chi connectivity index (χ3v) is 5.84. The SMILES string of the molecule is Cc1cc(C)c(S(=O)(=O)NCC2CCCN2C)cc1CO. The molecule has 0 aromatic heterocycles. The highest BCUT2D eigenvalue weighted by Crippen LogP contribution is 2.21. The number of rotatable bonds is 5. The lowest BCUT2D eigenvalue weighted by Gasteiger charge is -2.20. The quantitative estimate of drug-likeness (QED) is 0.856. The van der Waals surface area contributed by atoms with Crippen LogP contribution in [0.3, 0.4) is 0 Å². The van der Waals surface area contributed by atoms with Gasteiger partial charge in [-0.25, -0.2) is 13.1 Å². The minimum atomic E-state index is -3.54. The van der Waals surface area contributed by atoms with Gasteiger partial charge in [0.05, 0.1) is 11.5 Å². The monoisotopic (exact) mass is 312 g/mol. The number of sulfonamides is 1. The van der Waals surface area contributed by atoms with Gasteiger partial charge >= 0.3 is 0 Å². The fraction of sp³-hybridized carbons (Fsp3) is 0.600. The van der Waals surface area contributed by atoms with Gasteiger partial charge in [-0.2, -0.15) is 0 Å². The van der Waals surface area contributed by atoms with Crippen LogP contribution in [0, 0.1) is 13.8 Å². The first-order chi connectivity index (χ1) is 9.85. The Balaban J connectivity index is 2.19. The first-order valence-electron chi connectivity index (χ1n) is 7.26. The van der Waals surface area contributed by atoms with Crippen LogP contribution in [-0.2, 0) is 16.6 Å². The zero-order valence-electron chi connectivity index (χ0n) is 12.9. The van der Waals surface area contributed by atoms with E-state index in [0.29, 0.717) is 17.7 Å². The van der Waals surface area contributed by atoms with Crippen LogP contribution in [0.25, 0.3) is 0 Å². The van der Waals surface area contributed by atoms with E-state index in [1.165, 1.54) is 0 Å². The topological polar surface area (TPSA) is 69.6 Å². The van der Waals surface area contributed by atoms with E-state index in [4.69, 9.17) is 0 Å². The molecular formula is C15H24N2O3S. The number of benzene rings is 1. The standard InChI is InChI=1S/C15H24N2O3S/c1-11-7-12(2)15(8-13(11)10-18)21(19,20)16-9-14-5-4-6-17(14)3/h7-8,14,16,18H,4-6,9-10H2,1-3H3. The fourth-order valence-corrected chi connectivity index (χ4v) is 4.20. The summed E-state index contributed by atoms with van der Waals surface area (Å²) in [4.78, 5) is 2.45. The zero-order valence-corrected chi connectivity index (χ0v) is 13.7. The molecule has 0 radical (unpaired) electrons. The molecule has 1 heterocycles. The summed E-state index contributed by atoms with van der Waals surface area (Å²) in [5.41, 5.74) is 2.26. The number of aliphatic hydroxyl groups is 1. The van der Waals surface area contributed by atoms with Crippen LogP contribution >= 0.6 is 0 Å². The molecule has 1 aromatic carbocycles. The van der Waals surface area contributed by atoms with Crippen molar-refractivity contribution in [1.29, 1.82) is 0 Å².